The minimum absolute atomic E-state index is 0.268. The van der Waals surface area contributed by atoms with Crippen LogP contribution in [0.3, 0.4) is 0 Å². The monoisotopic (exact) mass is 365 g/mol. The van der Waals surface area contributed by atoms with E-state index >= 15 is 0 Å². The van der Waals surface area contributed by atoms with Crippen molar-refractivity contribution in [3.05, 3.63) is 70.4 Å². The van der Waals surface area contributed by atoms with Crippen molar-refractivity contribution >= 4 is 17.6 Å². The SMILES string of the molecule is COc1ccc(NC(=O)C2=C(C)NC(=O)N[C@H]2c2cc(C)ccc2C)cc1. The predicted octanol–water partition coefficient (Wildman–Crippen LogP) is 3.58. The molecule has 1 aliphatic rings. The number of allylic oxidation sites excluding steroid dienone is 1. The van der Waals surface area contributed by atoms with E-state index in [4.69, 9.17) is 4.74 Å². The average Bonchev–Trinajstić information content (AvgIpc) is 2.63. The van der Waals surface area contributed by atoms with E-state index in [1.807, 2.05) is 32.0 Å². The highest BCUT2D eigenvalue weighted by molar-refractivity contribution is 6.06. The molecular formula is C21H23N3O3. The Morgan fingerprint density at radius 3 is 2.44 bits per heavy atom. The van der Waals surface area contributed by atoms with Crippen molar-refractivity contribution in [3.63, 3.8) is 0 Å². The predicted molar refractivity (Wildman–Crippen MR) is 105 cm³/mol. The van der Waals surface area contributed by atoms with E-state index in [1.54, 1.807) is 38.3 Å². The summed E-state index contributed by atoms with van der Waals surface area (Å²) in [5, 5.41) is 8.47. The molecular weight excluding hydrogens is 342 g/mol. The Hall–Kier alpha value is -3.28. The molecule has 0 saturated heterocycles. The minimum atomic E-state index is -0.517. The lowest BCUT2D eigenvalue weighted by Crippen LogP contribution is -2.46. The van der Waals surface area contributed by atoms with E-state index in [-0.39, 0.29) is 11.9 Å². The Bertz CT molecular complexity index is 917. The first-order valence-corrected chi connectivity index (χ1v) is 8.70. The second kappa shape index (κ2) is 7.53. The fourth-order valence-electron chi connectivity index (χ4n) is 3.17. The molecule has 3 amide bonds. The van der Waals surface area contributed by atoms with Crippen LogP contribution in [-0.2, 0) is 4.79 Å². The lowest BCUT2D eigenvalue weighted by molar-refractivity contribution is -0.113. The Labute approximate surface area is 158 Å². The molecule has 1 heterocycles. The van der Waals surface area contributed by atoms with Crippen LogP contribution in [0, 0.1) is 13.8 Å². The molecule has 0 spiro atoms. The van der Waals surface area contributed by atoms with E-state index in [0.717, 1.165) is 16.7 Å². The van der Waals surface area contributed by atoms with Crippen LogP contribution in [0.15, 0.2) is 53.7 Å². The second-order valence-electron chi connectivity index (χ2n) is 6.61. The summed E-state index contributed by atoms with van der Waals surface area (Å²) in [5.41, 5.74) is 4.66. The second-order valence-corrected chi connectivity index (χ2v) is 6.61. The van der Waals surface area contributed by atoms with Gasteiger partial charge in [0.1, 0.15) is 5.75 Å². The van der Waals surface area contributed by atoms with Crippen LogP contribution in [0.5, 0.6) is 5.75 Å². The van der Waals surface area contributed by atoms with Crippen molar-refractivity contribution in [1.82, 2.24) is 10.6 Å². The van der Waals surface area contributed by atoms with Gasteiger partial charge in [-0.3, -0.25) is 4.79 Å². The molecule has 3 rings (SSSR count). The Balaban J connectivity index is 1.95. The number of rotatable bonds is 4. The molecule has 2 aromatic carbocycles. The van der Waals surface area contributed by atoms with Gasteiger partial charge >= 0.3 is 6.03 Å². The van der Waals surface area contributed by atoms with E-state index in [2.05, 4.69) is 16.0 Å². The topological polar surface area (TPSA) is 79.5 Å². The van der Waals surface area contributed by atoms with E-state index in [0.29, 0.717) is 22.7 Å². The summed E-state index contributed by atoms with van der Waals surface area (Å²) in [6.45, 7) is 5.69. The summed E-state index contributed by atoms with van der Waals surface area (Å²) in [6.07, 6.45) is 0. The van der Waals surface area contributed by atoms with Crippen LogP contribution in [0.4, 0.5) is 10.5 Å². The molecule has 27 heavy (non-hydrogen) atoms. The minimum Gasteiger partial charge on any atom is -0.497 e. The number of aryl methyl sites for hydroxylation is 2. The number of carbonyl (C=O) groups is 2. The number of hydrogen-bond acceptors (Lipinski definition) is 3. The van der Waals surface area contributed by atoms with Crippen LogP contribution in [0.2, 0.25) is 0 Å². The highest BCUT2D eigenvalue weighted by Crippen LogP contribution is 2.30. The maximum absolute atomic E-state index is 13.0. The molecule has 6 heteroatoms. The van der Waals surface area contributed by atoms with Crippen molar-refractivity contribution < 1.29 is 14.3 Å². The number of anilines is 1. The molecule has 0 aromatic heterocycles. The summed E-state index contributed by atoms with van der Waals surface area (Å²) in [7, 11) is 1.59. The third-order valence-electron chi connectivity index (χ3n) is 4.61. The first-order valence-electron chi connectivity index (χ1n) is 8.70. The number of nitrogens with one attached hydrogen (secondary N) is 3. The zero-order chi connectivity index (χ0) is 19.6. The van der Waals surface area contributed by atoms with Crippen LogP contribution in [0.25, 0.3) is 0 Å². The van der Waals surface area contributed by atoms with Crippen molar-refractivity contribution in [2.75, 3.05) is 12.4 Å². The van der Waals surface area contributed by atoms with E-state index in [1.165, 1.54) is 0 Å². The quantitative estimate of drug-likeness (QED) is 0.775. The van der Waals surface area contributed by atoms with Gasteiger partial charge in [-0.25, -0.2) is 4.79 Å². The fraction of sp³-hybridized carbons (Fsp3) is 0.238. The molecule has 2 aromatic rings. The Morgan fingerprint density at radius 2 is 1.78 bits per heavy atom. The van der Waals surface area contributed by atoms with Gasteiger partial charge in [-0.1, -0.05) is 23.8 Å². The Morgan fingerprint density at radius 1 is 1.07 bits per heavy atom. The van der Waals surface area contributed by atoms with E-state index < -0.39 is 6.04 Å². The van der Waals surface area contributed by atoms with Gasteiger partial charge in [0.2, 0.25) is 0 Å². The third-order valence-corrected chi connectivity index (χ3v) is 4.61. The van der Waals surface area contributed by atoms with Crippen LogP contribution >= 0.6 is 0 Å². The summed E-state index contributed by atoms with van der Waals surface area (Å²) < 4.78 is 5.14. The number of methoxy groups -OCH3 is 1. The number of benzene rings is 2. The molecule has 0 saturated carbocycles. The molecule has 0 bridgehead atoms. The van der Waals surface area contributed by atoms with Crippen molar-refractivity contribution in [1.29, 1.82) is 0 Å². The summed E-state index contributed by atoms with van der Waals surface area (Å²) in [5.74, 6) is 0.444. The van der Waals surface area contributed by atoms with Gasteiger partial charge in [0.05, 0.1) is 18.7 Å². The fourth-order valence-corrected chi connectivity index (χ4v) is 3.17. The zero-order valence-electron chi connectivity index (χ0n) is 15.8. The molecule has 6 nitrogen and oxygen atoms in total. The number of ether oxygens (including phenoxy) is 1. The molecule has 0 unspecified atom stereocenters. The smallest absolute Gasteiger partial charge is 0.319 e. The lowest BCUT2D eigenvalue weighted by Gasteiger charge is -2.29. The molecule has 140 valence electrons. The van der Waals surface area contributed by atoms with Gasteiger partial charge in [0.25, 0.3) is 5.91 Å². The third kappa shape index (κ3) is 3.95. The zero-order valence-corrected chi connectivity index (χ0v) is 15.8. The summed E-state index contributed by atoms with van der Waals surface area (Å²) >= 11 is 0. The number of amides is 3. The number of carbonyl (C=O) groups excluding carboxylic acids is 2. The van der Waals surface area contributed by atoms with Crippen LogP contribution in [0.1, 0.15) is 29.7 Å². The first kappa shape index (κ1) is 18.5. The van der Waals surface area contributed by atoms with Gasteiger partial charge < -0.3 is 20.7 Å². The summed E-state index contributed by atoms with van der Waals surface area (Å²) in [4.78, 5) is 25.1. The van der Waals surface area contributed by atoms with Gasteiger partial charge in [0.15, 0.2) is 0 Å². The van der Waals surface area contributed by atoms with Gasteiger partial charge in [-0.2, -0.15) is 0 Å². The van der Waals surface area contributed by atoms with Crippen LogP contribution in [-0.4, -0.2) is 19.0 Å². The van der Waals surface area contributed by atoms with Gasteiger partial charge in [-0.15, -0.1) is 0 Å². The van der Waals surface area contributed by atoms with Gasteiger partial charge in [-0.05, 0) is 56.2 Å². The largest absolute Gasteiger partial charge is 0.497 e. The molecule has 0 aliphatic carbocycles. The molecule has 1 aliphatic heterocycles. The van der Waals surface area contributed by atoms with Crippen molar-refractivity contribution in [3.8, 4) is 5.75 Å². The van der Waals surface area contributed by atoms with Crippen molar-refractivity contribution in [2.24, 2.45) is 0 Å². The highest BCUT2D eigenvalue weighted by Gasteiger charge is 2.32. The molecule has 1 atom stereocenters. The average molecular weight is 365 g/mol. The number of urea groups is 1. The number of hydrogen-bond donors (Lipinski definition) is 3. The normalized spacial score (nSPS) is 16.4. The van der Waals surface area contributed by atoms with Crippen molar-refractivity contribution in [2.45, 2.75) is 26.8 Å². The first-order chi connectivity index (χ1) is 12.9. The maximum Gasteiger partial charge on any atom is 0.319 e. The lowest BCUT2D eigenvalue weighted by atomic mass is 9.90. The standard InChI is InChI=1S/C21H23N3O3/c1-12-5-6-13(2)17(11-12)19-18(14(3)22-21(26)24-19)20(25)23-15-7-9-16(27-4)10-8-15/h5-11,19H,1-4H3,(H,23,25)(H2,22,24,26)/t19-/m0/s1. The van der Waals surface area contributed by atoms with E-state index in [9.17, 15) is 9.59 Å². The Kier molecular flexibility index (Phi) is 5.16. The van der Waals surface area contributed by atoms with Gasteiger partial charge in [0, 0.05) is 11.4 Å². The molecule has 0 fully saturated rings. The summed E-state index contributed by atoms with van der Waals surface area (Å²) in [6, 6.07) is 12.3. The molecule has 0 radical (unpaired) electrons. The van der Waals surface area contributed by atoms with Crippen LogP contribution < -0.4 is 20.7 Å². The maximum atomic E-state index is 13.0. The highest BCUT2D eigenvalue weighted by atomic mass is 16.5. The molecule has 3 N–H and O–H groups in total.